The minimum atomic E-state index is -4.54. The topological polar surface area (TPSA) is 46.5 Å². The Morgan fingerprint density at radius 3 is 2.29 bits per heavy atom. The second-order valence-electron chi connectivity index (χ2n) is 4.83. The van der Waals surface area contributed by atoms with Crippen molar-refractivity contribution in [1.29, 1.82) is 0 Å². The first kappa shape index (κ1) is 17.9. The summed E-state index contributed by atoms with van der Waals surface area (Å²) in [6.45, 7) is 0. The van der Waals surface area contributed by atoms with E-state index in [2.05, 4.69) is 0 Å². The van der Waals surface area contributed by atoms with E-state index in [-0.39, 0.29) is 16.2 Å². The molecule has 0 spiro atoms. The van der Waals surface area contributed by atoms with Gasteiger partial charge in [-0.25, -0.2) is 4.79 Å². The average molecular weight is 357 g/mol. The highest BCUT2D eigenvalue weighted by Gasteiger charge is 2.30. The van der Waals surface area contributed by atoms with Gasteiger partial charge in [0.2, 0.25) is 0 Å². The molecule has 0 bridgehead atoms. The highest BCUT2D eigenvalue weighted by Crippen LogP contribution is 2.33. The molecule has 1 N–H and O–H groups in total. The maximum Gasteiger partial charge on any atom is 0.416 e. The van der Waals surface area contributed by atoms with Crippen LogP contribution in [0.1, 0.15) is 16.7 Å². The average Bonchev–Trinajstić information content (AvgIpc) is 2.53. The first-order chi connectivity index (χ1) is 11.2. The largest absolute Gasteiger partial charge is 0.497 e. The van der Waals surface area contributed by atoms with Crippen molar-refractivity contribution in [2.75, 3.05) is 7.11 Å². The third-order valence-corrected chi connectivity index (χ3v) is 3.60. The molecular weight excluding hydrogens is 345 g/mol. The summed E-state index contributed by atoms with van der Waals surface area (Å²) in [6, 6.07) is 8.85. The Morgan fingerprint density at radius 2 is 1.79 bits per heavy atom. The fraction of sp³-hybridized carbons (Fsp3) is 0.118. The quantitative estimate of drug-likeness (QED) is 0.620. The molecule has 0 radical (unpaired) electrons. The molecule has 3 nitrogen and oxygen atoms in total. The number of carboxylic acids is 1. The van der Waals surface area contributed by atoms with Crippen LogP contribution in [0, 0.1) is 0 Å². The van der Waals surface area contributed by atoms with Crippen molar-refractivity contribution in [3.63, 3.8) is 0 Å². The van der Waals surface area contributed by atoms with Crippen LogP contribution in [-0.4, -0.2) is 18.2 Å². The molecule has 0 aromatic heterocycles. The van der Waals surface area contributed by atoms with E-state index >= 15 is 0 Å². The zero-order chi connectivity index (χ0) is 17.9. The Balaban J connectivity index is 2.53. The van der Waals surface area contributed by atoms with Gasteiger partial charge in [-0.2, -0.15) is 13.2 Å². The lowest BCUT2D eigenvalue weighted by molar-refractivity contribution is -0.137. The first-order valence-electron chi connectivity index (χ1n) is 6.68. The number of alkyl halides is 3. The van der Waals surface area contributed by atoms with E-state index in [1.807, 2.05) is 0 Å². The summed E-state index contributed by atoms with van der Waals surface area (Å²) in [5, 5.41) is 9.39. The molecule has 0 fully saturated rings. The molecule has 126 valence electrons. The monoisotopic (exact) mass is 356 g/mol. The smallest absolute Gasteiger partial charge is 0.416 e. The normalized spacial score (nSPS) is 12.1. The van der Waals surface area contributed by atoms with Gasteiger partial charge in [0, 0.05) is 5.02 Å². The van der Waals surface area contributed by atoms with E-state index < -0.39 is 17.7 Å². The lowest BCUT2D eigenvalue weighted by atomic mass is 10.0. The predicted octanol–water partition coefficient (Wildman–Crippen LogP) is 4.99. The summed E-state index contributed by atoms with van der Waals surface area (Å²) < 4.78 is 43.4. The number of carbonyl (C=O) groups is 1. The van der Waals surface area contributed by atoms with Gasteiger partial charge in [-0.05, 0) is 47.5 Å². The van der Waals surface area contributed by atoms with Crippen LogP contribution >= 0.6 is 11.6 Å². The standard InChI is InChI=1S/C17H12ClF3O3/c1-24-13-5-2-10(3-6-13)14(16(22)23)9-11-8-12(17(19,20)21)4-7-15(11)18/h2-9H,1H3,(H,22,23)/b14-9-. The van der Waals surface area contributed by atoms with Crippen molar-refractivity contribution < 1.29 is 27.8 Å². The SMILES string of the molecule is COc1ccc(/C(=C/c2cc(C(F)(F)F)ccc2Cl)C(=O)O)cc1. The molecule has 0 aliphatic carbocycles. The second kappa shape index (κ2) is 6.97. The van der Waals surface area contributed by atoms with Crippen LogP contribution in [0.5, 0.6) is 5.75 Å². The number of rotatable bonds is 4. The fourth-order valence-corrected chi connectivity index (χ4v) is 2.20. The number of hydrogen-bond acceptors (Lipinski definition) is 2. The van der Waals surface area contributed by atoms with Gasteiger partial charge >= 0.3 is 12.1 Å². The van der Waals surface area contributed by atoms with Crippen LogP contribution in [0.25, 0.3) is 11.6 Å². The molecule has 0 atom stereocenters. The lowest BCUT2D eigenvalue weighted by Crippen LogP contribution is -2.05. The summed E-state index contributed by atoms with van der Waals surface area (Å²) in [5.74, 6) is -0.755. The third kappa shape index (κ3) is 4.08. The van der Waals surface area contributed by atoms with Crippen molar-refractivity contribution in [3.05, 3.63) is 64.2 Å². The van der Waals surface area contributed by atoms with Crippen molar-refractivity contribution in [2.45, 2.75) is 6.18 Å². The Labute approximate surface area is 140 Å². The summed E-state index contributed by atoms with van der Waals surface area (Å²) >= 11 is 5.91. The van der Waals surface area contributed by atoms with Crippen molar-refractivity contribution in [1.82, 2.24) is 0 Å². The van der Waals surface area contributed by atoms with Crippen molar-refractivity contribution in [3.8, 4) is 5.75 Å². The first-order valence-corrected chi connectivity index (χ1v) is 7.06. The Morgan fingerprint density at radius 1 is 1.17 bits per heavy atom. The number of halogens is 4. The van der Waals surface area contributed by atoms with Gasteiger partial charge < -0.3 is 9.84 Å². The summed E-state index contributed by atoms with van der Waals surface area (Å²) in [4.78, 5) is 11.5. The van der Waals surface area contributed by atoms with Gasteiger partial charge in [0.15, 0.2) is 0 Å². The van der Waals surface area contributed by atoms with Crippen molar-refractivity contribution >= 4 is 29.2 Å². The fourth-order valence-electron chi connectivity index (χ4n) is 2.03. The van der Waals surface area contributed by atoms with Gasteiger partial charge in [-0.3, -0.25) is 0 Å². The summed E-state index contributed by atoms with van der Waals surface area (Å²) in [7, 11) is 1.46. The molecule has 2 aromatic rings. The molecule has 0 aliphatic rings. The number of methoxy groups -OCH3 is 1. The molecule has 2 aromatic carbocycles. The lowest BCUT2D eigenvalue weighted by Gasteiger charge is -2.10. The van der Waals surface area contributed by atoms with Crippen LogP contribution in [0.15, 0.2) is 42.5 Å². The van der Waals surface area contributed by atoms with E-state index in [9.17, 15) is 23.1 Å². The van der Waals surface area contributed by atoms with Gasteiger partial charge in [0.1, 0.15) is 5.75 Å². The van der Waals surface area contributed by atoms with Crippen molar-refractivity contribution in [2.24, 2.45) is 0 Å². The number of hydrogen-bond donors (Lipinski definition) is 1. The minimum Gasteiger partial charge on any atom is -0.497 e. The van der Waals surface area contributed by atoms with Crippen LogP contribution in [0.2, 0.25) is 5.02 Å². The number of benzene rings is 2. The van der Waals surface area contributed by atoms with Gasteiger partial charge in [0.25, 0.3) is 0 Å². The van der Waals surface area contributed by atoms with Crippen LogP contribution < -0.4 is 4.74 Å². The van der Waals surface area contributed by atoms with Crippen LogP contribution in [0.3, 0.4) is 0 Å². The highest BCUT2D eigenvalue weighted by molar-refractivity contribution is 6.33. The van der Waals surface area contributed by atoms with E-state index in [1.54, 1.807) is 12.1 Å². The second-order valence-corrected chi connectivity index (χ2v) is 5.23. The Kier molecular flexibility index (Phi) is 5.19. The molecule has 0 saturated carbocycles. The van der Waals surface area contributed by atoms with E-state index in [0.29, 0.717) is 11.3 Å². The molecule has 0 saturated heterocycles. The Hall–Kier alpha value is -2.47. The predicted molar refractivity (Wildman–Crippen MR) is 85.0 cm³/mol. The molecule has 0 heterocycles. The molecule has 0 unspecified atom stereocenters. The van der Waals surface area contributed by atoms with E-state index in [0.717, 1.165) is 24.3 Å². The number of carboxylic acid groups (broad SMARTS) is 1. The molecule has 7 heteroatoms. The van der Waals surface area contributed by atoms with Gasteiger partial charge in [-0.15, -0.1) is 0 Å². The maximum absolute atomic E-state index is 12.8. The maximum atomic E-state index is 12.8. The molecule has 0 aliphatic heterocycles. The zero-order valence-corrected chi connectivity index (χ0v) is 13.2. The molecular formula is C17H12ClF3O3. The highest BCUT2D eigenvalue weighted by atomic mass is 35.5. The molecule has 24 heavy (non-hydrogen) atoms. The summed E-state index contributed by atoms with van der Waals surface area (Å²) in [6.07, 6.45) is -3.43. The van der Waals surface area contributed by atoms with Gasteiger partial charge in [-0.1, -0.05) is 23.7 Å². The number of aliphatic carboxylic acids is 1. The zero-order valence-electron chi connectivity index (χ0n) is 12.4. The Bertz CT molecular complexity index is 781. The van der Waals surface area contributed by atoms with Gasteiger partial charge in [0.05, 0.1) is 18.2 Å². The molecule has 0 amide bonds. The van der Waals surface area contributed by atoms with Crippen LogP contribution in [-0.2, 0) is 11.0 Å². The number of ether oxygens (including phenoxy) is 1. The minimum absolute atomic E-state index is 0.0234. The summed E-state index contributed by atoms with van der Waals surface area (Å²) in [5.41, 5.74) is -0.798. The van der Waals surface area contributed by atoms with E-state index in [4.69, 9.17) is 16.3 Å². The third-order valence-electron chi connectivity index (χ3n) is 3.25. The van der Waals surface area contributed by atoms with E-state index in [1.165, 1.54) is 19.2 Å². The molecule has 2 rings (SSSR count). The van der Waals surface area contributed by atoms with Crippen LogP contribution in [0.4, 0.5) is 13.2 Å².